The van der Waals surface area contributed by atoms with Crippen molar-refractivity contribution in [2.75, 3.05) is 0 Å². The summed E-state index contributed by atoms with van der Waals surface area (Å²) in [6.45, 7) is 0. The van der Waals surface area contributed by atoms with E-state index >= 15 is 0 Å². The fourth-order valence-corrected chi connectivity index (χ4v) is 7.88. The van der Waals surface area contributed by atoms with Gasteiger partial charge in [-0.3, -0.25) is 0 Å². The summed E-state index contributed by atoms with van der Waals surface area (Å²) in [6, 6.07) is 24.7. The molecule has 6 atom stereocenters. The molecule has 54 heavy (non-hydrogen) atoms. The number of esters is 4. The van der Waals surface area contributed by atoms with Crippen molar-refractivity contribution in [2.24, 2.45) is 0 Å². The van der Waals surface area contributed by atoms with Crippen LogP contribution in [0, 0.1) is 0 Å². The van der Waals surface area contributed by atoms with Crippen molar-refractivity contribution >= 4 is 70.3 Å². The third kappa shape index (κ3) is 7.82. The summed E-state index contributed by atoms with van der Waals surface area (Å²) in [5, 5.41) is 0.322. The van der Waals surface area contributed by atoms with Crippen LogP contribution in [0.1, 0.15) is 73.5 Å². The summed E-state index contributed by atoms with van der Waals surface area (Å²) < 4.78 is 38.0. The predicted molar refractivity (Wildman–Crippen MR) is 198 cm³/mol. The summed E-state index contributed by atoms with van der Waals surface area (Å²) >= 11 is 25.6. The number of benzene rings is 4. The molecule has 0 amide bonds. The van der Waals surface area contributed by atoms with Gasteiger partial charge < -0.3 is 28.4 Å². The van der Waals surface area contributed by atoms with Crippen LogP contribution in [0.15, 0.2) is 97.1 Å². The second kappa shape index (κ2) is 16.3. The lowest BCUT2D eigenvalue weighted by molar-refractivity contribution is -0.203. The molecule has 1 heterocycles. The van der Waals surface area contributed by atoms with E-state index in [1.54, 1.807) is 48.5 Å². The molecule has 4 aromatic carbocycles. The molecule has 10 nitrogen and oxygen atoms in total. The molecule has 2 saturated carbocycles. The van der Waals surface area contributed by atoms with Crippen LogP contribution in [-0.2, 0) is 28.4 Å². The quantitative estimate of drug-likeness (QED) is 0.126. The van der Waals surface area contributed by atoms with Crippen molar-refractivity contribution in [3.8, 4) is 0 Å². The molecule has 14 heteroatoms. The molecule has 7 rings (SSSR count). The fraction of sp³-hybridized carbons (Fsp3) is 0.300. The van der Waals surface area contributed by atoms with E-state index in [1.165, 1.54) is 48.5 Å². The summed E-state index contributed by atoms with van der Waals surface area (Å²) in [5.74, 6) is -4.87. The van der Waals surface area contributed by atoms with Crippen LogP contribution in [0.5, 0.6) is 0 Å². The van der Waals surface area contributed by atoms with Crippen LogP contribution in [-0.4, -0.2) is 66.3 Å². The third-order valence-electron chi connectivity index (χ3n) is 9.61. The predicted octanol–water partition coefficient (Wildman–Crippen LogP) is 8.96. The van der Waals surface area contributed by atoms with E-state index in [1.807, 2.05) is 0 Å². The Kier molecular flexibility index (Phi) is 11.5. The Bertz CT molecular complexity index is 1930. The lowest BCUT2D eigenvalue weighted by atomic mass is 9.84. The zero-order valence-corrected chi connectivity index (χ0v) is 31.4. The molecule has 0 unspecified atom stereocenters. The van der Waals surface area contributed by atoms with Gasteiger partial charge in [-0.2, -0.15) is 0 Å². The Hall–Kier alpha value is -4.16. The van der Waals surface area contributed by atoms with E-state index in [0.717, 1.165) is 19.3 Å². The van der Waals surface area contributed by atoms with Crippen LogP contribution in [0.3, 0.4) is 0 Å². The highest BCUT2D eigenvalue weighted by Gasteiger charge is 2.65. The minimum absolute atomic E-state index is 0.00933. The summed E-state index contributed by atoms with van der Waals surface area (Å²) in [5.41, 5.74) is -0.0543. The first-order valence-corrected chi connectivity index (χ1v) is 18.7. The van der Waals surface area contributed by atoms with Gasteiger partial charge in [0.05, 0.1) is 42.3 Å². The maximum atomic E-state index is 14.0. The van der Waals surface area contributed by atoms with Crippen molar-refractivity contribution < 1.29 is 47.6 Å². The van der Waals surface area contributed by atoms with Crippen LogP contribution < -0.4 is 0 Å². The average Bonchev–Trinajstić information content (AvgIpc) is 3.53. The largest absolute Gasteiger partial charge is 0.452 e. The topological polar surface area (TPSA) is 124 Å². The molecule has 1 spiro atoms. The molecule has 2 aliphatic carbocycles. The molecular weight excluding hydrogens is 782 g/mol. The van der Waals surface area contributed by atoms with Gasteiger partial charge in [-0.25, -0.2) is 19.2 Å². The van der Waals surface area contributed by atoms with E-state index in [2.05, 4.69) is 0 Å². The molecule has 280 valence electrons. The molecule has 0 N–H and O–H groups in total. The Morgan fingerprint density at radius 3 is 1.02 bits per heavy atom. The number of carbonyl (C=O) groups excluding carboxylic acids is 4. The number of rotatable bonds is 8. The highest BCUT2D eigenvalue weighted by molar-refractivity contribution is 6.34. The van der Waals surface area contributed by atoms with E-state index in [4.69, 9.17) is 74.8 Å². The van der Waals surface area contributed by atoms with Crippen molar-refractivity contribution in [3.05, 3.63) is 139 Å². The Labute approximate surface area is 330 Å². The Morgan fingerprint density at radius 1 is 0.444 bits per heavy atom. The zero-order valence-electron chi connectivity index (χ0n) is 28.3. The SMILES string of the molecule is O=C(O[C@@H]1[C@H](OC(=O)c2ccccc2Cl)[C@@H](OC(=O)c2ccccc2Cl)[C@@H]2OC3(CCCCC3)O[C@@H]2[C@H]1OC(=O)c1ccccc1Cl)c1ccccc1Cl. The Morgan fingerprint density at radius 2 is 0.722 bits per heavy atom. The van der Waals surface area contributed by atoms with E-state index < -0.39 is 66.3 Å². The molecule has 0 aromatic heterocycles. The van der Waals surface area contributed by atoms with E-state index in [9.17, 15) is 19.2 Å². The molecule has 3 aliphatic rings. The number of ether oxygens (including phenoxy) is 6. The number of fused-ring (bicyclic) bond motifs is 1. The van der Waals surface area contributed by atoms with Crippen molar-refractivity contribution in [1.29, 1.82) is 0 Å². The molecule has 1 aliphatic heterocycles. The minimum Gasteiger partial charge on any atom is -0.452 e. The average molecular weight is 814 g/mol. The van der Waals surface area contributed by atoms with Gasteiger partial charge in [0, 0.05) is 12.8 Å². The highest BCUT2D eigenvalue weighted by Crippen LogP contribution is 2.48. The van der Waals surface area contributed by atoms with Crippen LogP contribution >= 0.6 is 46.4 Å². The summed E-state index contributed by atoms with van der Waals surface area (Å²) in [6.07, 6.45) is -5.44. The van der Waals surface area contributed by atoms with Crippen molar-refractivity contribution in [3.63, 3.8) is 0 Å². The van der Waals surface area contributed by atoms with Gasteiger partial charge in [-0.05, 0) is 61.4 Å². The number of hydrogen-bond donors (Lipinski definition) is 0. The van der Waals surface area contributed by atoms with Gasteiger partial charge >= 0.3 is 23.9 Å². The first kappa shape index (κ1) is 38.1. The molecule has 1 saturated heterocycles. The highest BCUT2D eigenvalue weighted by atomic mass is 35.5. The van der Waals surface area contributed by atoms with Gasteiger partial charge in [-0.15, -0.1) is 0 Å². The van der Waals surface area contributed by atoms with Gasteiger partial charge in [0.15, 0.2) is 30.2 Å². The molecule has 0 radical (unpaired) electrons. The van der Waals surface area contributed by atoms with Crippen LogP contribution in [0.4, 0.5) is 0 Å². The Balaban J connectivity index is 1.37. The van der Waals surface area contributed by atoms with Gasteiger partial charge in [0.25, 0.3) is 0 Å². The van der Waals surface area contributed by atoms with Crippen molar-refractivity contribution in [1.82, 2.24) is 0 Å². The third-order valence-corrected chi connectivity index (χ3v) is 10.9. The minimum atomic E-state index is -1.68. The molecule has 4 aromatic rings. The van der Waals surface area contributed by atoms with Crippen LogP contribution in [0.25, 0.3) is 0 Å². The monoisotopic (exact) mass is 812 g/mol. The second-order valence-electron chi connectivity index (χ2n) is 13.0. The molecule has 0 bridgehead atoms. The zero-order chi connectivity index (χ0) is 38.0. The normalized spacial score (nSPS) is 24.2. The van der Waals surface area contributed by atoms with E-state index in [0.29, 0.717) is 12.8 Å². The van der Waals surface area contributed by atoms with Gasteiger partial charge in [0.1, 0.15) is 12.2 Å². The first-order valence-electron chi connectivity index (χ1n) is 17.2. The van der Waals surface area contributed by atoms with E-state index in [-0.39, 0.29) is 42.3 Å². The fourth-order valence-electron chi connectivity index (χ4n) is 7.03. The number of halogens is 4. The van der Waals surface area contributed by atoms with Crippen molar-refractivity contribution in [2.45, 2.75) is 74.5 Å². The number of carbonyl (C=O) groups is 4. The van der Waals surface area contributed by atoms with Gasteiger partial charge in [0.2, 0.25) is 0 Å². The summed E-state index contributed by atoms with van der Waals surface area (Å²) in [4.78, 5) is 55.9. The standard InChI is InChI=1S/C40H32Cl4O10/c41-26-16-6-2-12-22(26)36(45)49-30-31(50-37(46)23-13-3-7-17-27(23)42)33(52-39(48)25-15-5-9-19-29(25)44)35-34(53-40(54-35)20-10-1-11-21-40)32(30)51-38(47)24-14-4-8-18-28(24)43/h2-9,12-19,30-35H,1,10-11,20-21H2/t30-,31+,32+,33-,34-,35+. The van der Waals surface area contributed by atoms with Crippen LogP contribution in [0.2, 0.25) is 20.1 Å². The second-order valence-corrected chi connectivity index (χ2v) is 14.7. The maximum absolute atomic E-state index is 14.0. The summed E-state index contributed by atoms with van der Waals surface area (Å²) in [7, 11) is 0. The molecular formula is C40H32Cl4O10. The van der Waals surface area contributed by atoms with Gasteiger partial charge in [-0.1, -0.05) is 101 Å². The lowest BCUT2D eigenvalue weighted by Gasteiger charge is -2.44. The maximum Gasteiger partial charge on any atom is 0.340 e. The number of hydrogen-bond acceptors (Lipinski definition) is 10. The smallest absolute Gasteiger partial charge is 0.340 e. The molecule has 3 fully saturated rings. The lowest BCUT2D eigenvalue weighted by Crippen LogP contribution is -2.66. The first-order chi connectivity index (χ1) is 26.0.